The van der Waals surface area contributed by atoms with Crippen LogP contribution in [0.5, 0.6) is 0 Å². The van der Waals surface area contributed by atoms with Gasteiger partial charge in [0.15, 0.2) is 0 Å². The summed E-state index contributed by atoms with van der Waals surface area (Å²) in [6.07, 6.45) is 2.59. The van der Waals surface area contributed by atoms with Gasteiger partial charge in [-0.15, -0.1) is 0 Å². The molecule has 2 heterocycles. The summed E-state index contributed by atoms with van der Waals surface area (Å²) in [6, 6.07) is 7.61. The van der Waals surface area contributed by atoms with E-state index in [0.717, 1.165) is 16.6 Å². The number of fused-ring (bicyclic) bond motifs is 1. The zero-order valence-corrected chi connectivity index (χ0v) is 9.23. The van der Waals surface area contributed by atoms with Crippen LogP contribution >= 0.6 is 0 Å². The van der Waals surface area contributed by atoms with Crippen LogP contribution in [0.25, 0.3) is 10.9 Å². The Hall–Kier alpha value is -2.36. The van der Waals surface area contributed by atoms with Crippen molar-refractivity contribution < 1.29 is 9.59 Å². The highest BCUT2D eigenvalue weighted by Gasteiger charge is 2.28. The third-order valence-corrected chi connectivity index (χ3v) is 2.89. The third-order valence-electron chi connectivity index (χ3n) is 2.89. The van der Waals surface area contributed by atoms with Gasteiger partial charge >= 0.3 is 0 Å². The Balaban J connectivity index is 2.27. The van der Waals surface area contributed by atoms with Crippen molar-refractivity contribution in [3.8, 4) is 0 Å². The van der Waals surface area contributed by atoms with E-state index in [1.165, 1.54) is 17.1 Å². The van der Waals surface area contributed by atoms with Gasteiger partial charge < -0.3 is 4.98 Å². The lowest BCUT2D eigenvalue weighted by Gasteiger charge is -2.13. The molecule has 0 saturated heterocycles. The topological polar surface area (TPSA) is 53.2 Å². The lowest BCUT2D eigenvalue weighted by molar-refractivity contribution is -0.119. The molecule has 84 valence electrons. The molecule has 17 heavy (non-hydrogen) atoms. The fraction of sp³-hybridized carbons (Fsp3) is 0.0769. The summed E-state index contributed by atoms with van der Waals surface area (Å²) < 4.78 is 0. The molecule has 0 bridgehead atoms. The molecular formula is C13H10N2O2. The number of aromatic amines is 1. The van der Waals surface area contributed by atoms with E-state index in [0.29, 0.717) is 5.69 Å². The molecule has 3 rings (SSSR count). The maximum atomic E-state index is 11.7. The fourth-order valence-electron chi connectivity index (χ4n) is 2.17. The number of imide groups is 1. The third kappa shape index (κ3) is 1.30. The number of rotatable bonds is 1. The van der Waals surface area contributed by atoms with Gasteiger partial charge in [-0.05, 0) is 13.0 Å². The van der Waals surface area contributed by atoms with Gasteiger partial charge in [0.25, 0.3) is 11.8 Å². The Morgan fingerprint density at radius 2 is 1.71 bits per heavy atom. The van der Waals surface area contributed by atoms with Gasteiger partial charge in [-0.1, -0.05) is 18.2 Å². The van der Waals surface area contributed by atoms with Crippen molar-refractivity contribution in [3.63, 3.8) is 0 Å². The number of nitrogens with zero attached hydrogens (tertiary/aromatic N) is 1. The molecule has 0 aliphatic carbocycles. The predicted octanol–water partition coefficient (Wildman–Crippen LogP) is 1.91. The van der Waals surface area contributed by atoms with E-state index in [4.69, 9.17) is 0 Å². The molecule has 0 spiro atoms. The summed E-state index contributed by atoms with van der Waals surface area (Å²) in [5, 5.41) is 0.885. The number of H-pyrrole nitrogens is 1. The Morgan fingerprint density at radius 1 is 1.06 bits per heavy atom. The number of hydrogen-bond donors (Lipinski definition) is 1. The molecule has 0 atom stereocenters. The Labute approximate surface area is 97.5 Å². The van der Waals surface area contributed by atoms with Crippen molar-refractivity contribution in [2.75, 3.05) is 4.90 Å². The van der Waals surface area contributed by atoms with Gasteiger partial charge in [-0.25, -0.2) is 4.90 Å². The number of para-hydroxylation sites is 1. The molecule has 1 N–H and O–H groups in total. The molecule has 1 aromatic carbocycles. The summed E-state index contributed by atoms with van der Waals surface area (Å²) in [5.74, 6) is -0.578. The Morgan fingerprint density at radius 3 is 2.41 bits per heavy atom. The van der Waals surface area contributed by atoms with Crippen LogP contribution in [0.3, 0.4) is 0 Å². The highest BCUT2D eigenvalue weighted by Crippen LogP contribution is 2.32. The van der Waals surface area contributed by atoms with Gasteiger partial charge in [-0.3, -0.25) is 9.59 Å². The lowest BCUT2D eigenvalue weighted by atomic mass is 10.2. The number of aryl methyl sites for hydroxylation is 1. The first kappa shape index (κ1) is 9.84. The first-order valence-corrected chi connectivity index (χ1v) is 5.32. The number of carbonyl (C=O) groups excluding carboxylic acids is 2. The molecule has 2 amide bonds. The first-order chi connectivity index (χ1) is 8.18. The monoisotopic (exact) mass is 226 g/mol. The summed E-state index contributed by atoms with van der Waals surface area (Å²) >= 11 is 0. The zero-order valence-electron chi connectivity index (χ0n) is 9.23. The van der Waals surface area contributed by atoms with E-state index in [2.05, 4.69) is 4.98 Å². The van der Waals surface area contributed by atoms with Crippen LogP contribution in [-0.2, 0) is 9.59 Å². The van der Waals surface area contributed by atoms with Crippen LogP contribution < -0.4 is 4.90 Å². The van der Waals surface area contributed by atoms with Crippen molar-refractivity contribution in [2.24, 2.45) is 0 Å². The summed E-state index contributed by atoms with van der Waals surface area (Å²) in [4.78, 5) is 27.7. The smallest absolute Gasteiger partial charge is 0.258 e. The molecule has 1 aliphatic rings. The fourth-order valence-corrected chi connectivity index (χ4v) is 2.17. The largest absolute Gasteiger partial charge is 0.357 e. The number of benzene rings is 1. The molecular weight excluding hydrogens is 216 g/mol. The first-order valence-electron chi connectivity index (χ1n) is 5.32. The van der Waals surface area contributed by atoms with Crippen LogP contribution in [0.4, 0.5) is 5.69 Å². The van der Waals surface area contributed by atoms with E-state index < -0.39 is 0 Å². The summed E-state index contributed by atoms with van der Waals surface area (Å²) in [5.41, 5.74) is 2.39. The second-order valence-corrected chi connectivity index (χ2v) is 3.99. The molecule has 0 saturated carbocycles. The maximum Gasteiger partial charge on any atom is 0.258 e. The van der Waals surface area contributed by atoms with Crippen LogP contribution in [0.2, 0.25) is 0 Å². The minimum Gasteiger partial charge on any atom is -0.357 e. The maximum absolute atomic E-state index is 11.7. The minimum absolute atomic E-state index is 0.289. The van der Waals surface area contributed by atoms with Crippen LogP contribution in [0, 0.1) is 6.92 Å². The molecule has 1 aromatic heterocycles. The van der Waals surface area contributed by atoms with Crippen molar-refractivity contribution >= 4 is 28.4 Å². The molecule has 0 fully saturated rings. The normalized spacial score (nSPS) is 15.2. The molecule has 0 unspecified atom stereocenters. The number of amides is 2. The van der Waals surface area contributed by atoms with Gasteiger partial charge in [0.1, 0.15) is 0 Å². The second kappa shape index (κ2) is 3.31. The number of anilines is 1. The number of carbonyl (C=O) groups is 2. The number of aromatic nitrogens is 1. The second-order valence-electron chi connectivity index (χ2n) is 3.99. The highest BCUT2D eigenvalue weighted by atomic mass is 16.2. The number of hydrogen-bond acceptors (Lipinski definition) is 2. The average Bonchev–Trinajstić information content (AvgIpc) is 2.79. The van der Waals surface area contributed by atoms with Gasteiger partial charge in [0.2, 0.25) is 0 Å². The quantitative estimate of drug-likeness (QED) is 0.755. The highest BCUT2D eigenvalue weighted by molar-refractivity contribution is 6.30. The average molecular weight is 226 g/mol. The van der Waals surface area contributed by atoms with Gasteiger partial charge in [0, 0.05) is 28.7 Å². The molecule has 0 radical (unpaired) electrons. The van der Waals surface area contributed by atoms with Crippen LogP contribution in [0.1, 0.15) is 5.69 Å². The summed E-state index contributed by atoms with van der Waals surface area (Å²) in [7, 11) is 0. The van der Waals surface area contributed by atoms with Gasteiger partial charge in [0.05, 0.1) is 5.69 Å². The van der Waals surface area contributed by atoms with E-state index in [9.17, 15) is 9.59 Å². The Kier molecular flexibility index (Phi) is 1.92. The Bertz CT molecular complexity index is 649. The predicted molar refractivity (Wildman–Crippen MR) is 64.7 cm³/mol. The van der Waals surface area contributed by atoms with Crippen LogP contribution in [0.15, 0.2) is 36.4 Å². The van der Waals surface area contributed by atoms with E-state index in [1.807, 2.05) is 31.2 Å². The molecule has 4 heteroatoms. The van der Waals surface area contributed by atoms with Crippen molar-refractivity contribution in [2.45, 2.75) is 6.92 Å². The molecule has 1 aliphatic heterocycles. The SMILES string of the molecule is Cc1[nH]c2ccccc2c1N1C(=O)C=CC1=O. The van der Waals surface area contributed by atoms with E-state index >= 15 is 0 Å². The minimum atomic E-state index is -0.289. The molecule has 2 aromatic rings. The van der Waals surface area contributed by atoms with Crippen molar-refractivity contribution in [3.05, 3.63) is 42.1 Å². The number of nitrogens with one attached hydrogen (secondary N) is 1. The van der Waals surface area contributed by atoms with E-state index in [-0.39, 0.29) is 11.8 Å². The van der Waals surface area contributed by atoms with Crippen molar-refractivity contribution in [1.82, 2.24) is 4.98 Å². The van der Waals surface area contributed by atoms with E-state index in [1.54, 1.807) is 0 Å². The van der Waals surface area contributed by atoms with Gasteiger partial charge in [-0.2, -0.15) is 0 Å². The standard InChI is InChI=1S/C13H10N2O2/c1-8-13(15-11(16)6-7-12(15)17)9-4-2-3-5-10(9)14-8/h2-7,14H,1H3. The van der Waals surface area contributed by atoms with Crippen LogP contribution in [-0.4, -0.2) is 16.8 Å². The molecule has 4 nitrogen and oxygen atoms in total. The van der Waals surface area contributed by atoms with Crippen molar-refractivity contribution in [1.29, 1.82) is 0 Å². The lowest BCUT2D eigenvalue weighted by Crippen LogP contribution is -2.29. The zero-order chi connectivity index (χ0) is 12.0. The summed E-state index contributed by atoms with van der Waals surface area (Å²) in [6.45, 7) is 1.86.